The summed E-state index contributed by atoms with van der Waals surface area (Å²) < 4.78 is 0. The topological polar surface area (TPSA) is 29.1 Å². The number of hydrogen-bond acceptors (Lipinski definition) is 1. The molecule has 0 aromatic carbocycles. The number of fused-ring (bicyclic) bond motifs is 1. The van der Waals surface area contributed by atoms with E-state index in [1.807, 2.05) is 0 Å². The molecule has 2 aliphatic rings. The highest BCUT2D eigenvalue weighted by atomic mass is 35.5. The van der Waals surface area contributed by atoms with Crippen LogP contribution in [0.2, 0.25) is 0 Å². The summed E-state index contributed by atoms with van der Waals surface area (Å²) in [5, 5.41) is 3.13. The molecule has 0 saturated heterocycles. The Hall–Kier alpha value is -0.240. The van der Waals surface area contributed by atoms with Gasteiger partial charge in [0, 0.05) is 18.3 Å². The molecular weight excluding hydrogens is 234 g/mol. The van der Waals surface area contributed by atoms with Crippen molar-refractivity contribution in [2.75, 3.05) is 12.4 Å². The van der Waals surface area contributed by atoms with Crippen molar-refractivity contribution in [3.05, 3.63) is 0 Å². The van der Waals surface area contributed by atoms with Gasteiger partial charge in [-0.25, -0.2) is 0 Å². The zero-order valence-corrected chi connectivity index (χ0v) is 11.7. The minimum Gasteiger partial charge on any atom is -0.355 e. The van der Waals surface area contributed by atoms with Crippen LogP contribution >= 0.6 is 11.6 Å². The normalized spacial score (nSPS) is 31.1. The van der Waals surface area contributed by atoms with E-state index in [9.17, 15) is 4.79 Å². The molecule has 0 spiro atoms. The number of carbonyl (C=O) groups excluding carboxylic acids is 1. The molecule has 1 amide bonds. The van der Waals surface area contributed by atoms with Gasteiger partial charge in [-0.15, -0.1) is 11.6 Å². The van der Waals surface area contributed by atoms with Gasteiger partial charge in [-0.2, -0.15) is 0 Å². The number of rotatable bonds is 6. The highest BCUT2D eigenvalue weighted by Crippen LogP contribution is 2.54. The molecule has 2 nitrogen and oxygen atoms in total. The molecule has 2 aliphatic carbocycles. The Labute approximate surface area is 109 Å². The van der Waals surface area contributed by atoms with Crippen molar-refractivity contribution in [1.29, 1.82) is 0 Å². The lowest BCUT2D eigenvalue weighted by Crippen LogP contribution is -2.37. The molecule has 2 saturated carbocycles. The first-order valence-corrected chi connectivity index (χ1v) is 7.39. The monoisotopic (exact) mass is 257 g/mol. The fourth-order valence-electron chi connectivity index (χ4n) is 3.03. The number of halogens is 1. The van der Waals surface area contributed by atoms with Crippen LogP contribution < -0.4 is 5.32 Å². The van der Waals surface area contributed by atoms with E-state index in [1.54, 1.807) is 0 Å². The van der Waals surface area contributed by atoms with Crippen molar-refractivity contribution < 1.29 is 4.79 Å². The SMILES string of the molecule is CC(C)(CCCCl)CNC(=O)C1CC2CC2C1. The van der Waals surface area contributed by atoms with Gasteiger partial charge >= 0.3 is 0 Å². The van der Waals surface area contributed by atoms with Gasteiger partial charge < -0.3 is 5.32 Å². The van der Waals surface area contributed by atoms with Crippen molar-refractivity contribution in [3.8, 4) is 0 Å². The minimum absolute atomic E-state index is 0.173. The van der Waals surface area contributed by atoms with E-state index in [4.69, 9.17) is 11.6 Å². The van der Waals surface area contributed by atoms with Gasteiger partial charge in [-0.05, 0) is 49.4 Å². The Morgan fingerprint density at radius 2 is 1.94 bits per heavy atom. The van der Waals surface area contributed by atoms with Gasteiger partial charge in [0.25, 0.3) is 0 Å². The van der Waals surface area contributed by atoms with Crippen LogP contribution in [0.5, 0.6) is 0 Å². The van der Waals surface area contributed by atoms with Crippen molar-refractivity contribution in [1.82, 2.24) is 5.32 Å². The molecule has 2 atom stereocenters. The van der Waals surface area contributed by atoms with Gasteiger partial charge in [0.05, 0.1) is 0 Å². The zero-order valence-electron chi connectivity index (χ0n) is 11.0. The molecule has 3 heteroatoms. The molecule has 0 aliphatic heterocycles. The van der Waals surface area contributed by atoms with Crippen molar-refractivity contribution in [3.63, 3.8) is 0 Å². The summed E-state index contributed by atoms with van der Waals surface area (Å²) in [6.07, 6.45) is 5.76. The average Bonchev–Trinajstić information content (AvgIpc) is 2.91. The molecular formula is C14H24ClNO. The van der Waals surface area contributed by atoms with Crippen LogP contribution in [-0.2, 0) is 4.79 Å². The van der Waals surface area contributed by atoms with Crippen molar-refractivity contribution in [2.24, 2.45) is 23.2 Å². The van der Waals surface area contributed by atoms with Crippen LogP contribution in [-0.4, -0.2) is 18.3 Å². The zero-order chi connectivity index (χ0) is 12.5. The highest BCUT2D eigenvalue weighted by molar-refractivity contribution is 6.17. The maximum absolute atomic E-state index is 12.0. The summed E-state index contributed by atoms with van der Waals surface area (Å²) in [6, 6.07) is 0. The van der Waals surface area contributed by atoms with Gasteiger partial charge in [0.1, 0.15) is 0 Å². The minimum atomic E-state index is 0.173. The third-order valence-corrected chi connectivity index (χ3v) is 4.61. The van der Waals surface area contributed by atoms with E-state index in [0.29, 0.717) is 11.8 Å². The lowest BCUT2D eigenvalue weighted by molar-refractivity contribution is -0.125. The van der Waals surface area contributed by atoms with Crippen LogP contribution in [0.3, 0.4) is 0 Å². The van der Waals surface area contributed by atoms with E-state index < -0.39 is 0 Å². The molecule has 0 radical (unpaired) electrons. The van der Waals surface area contributed by atoms with Crippen LogP contribution in [0.15, 0.2) is 0 Å². The average molecular weight is 258 g/mol. The first-order chi connectivity index (χ1) is 8.02. The predicted molar refractivity (Wildman–Crippen MR) is 71.1 cm³/mol. The van der Waals surface area contributed by atoms with E-state index >= 15 is 0 Å². The van der Waals surface area contributed by atoms with Crippen LogP contribution in [0, 0.1) is 23.2 Å². The maximum atomic E-state index is 12.0. The lowest BCUT2D eigenvalue weighted by atomic mass is 9.88. The fourth-order valence-corrected chi connectivity index (χ4v) is 3.17. The molecule has 17 heavy (non-hydrogen) atoms. The summed E-state index contributed by atoms with van der Waals surface area (Å²) in [4.78, 5) is 12.0. The quantitative estimate of drug-likeness (QED) is 0.728. The van der Waals surface area contributed by atoms with Crippen molar-refractivity contribution >= 4 is 17.5 Å². The van der Waals surface area contributed by atoms with Crippen LogP contribution in [0.25, 0.3) is 0 Å². The molecule has 98 valence electrons. The van der Waals surface area contributed by atoms with Gasteiger partial charge in [0.15, 0.2) is 0 Å². The van der Waals surface area contributed by atoms with Gasteiger partial charge in [0.2, 0.25) is 5.91 Å². The molecule has 2 rings (SSSR count). The molecule has 0 heterocycles. The standard InChI is InChI=1S/C14H24ClNO/c1-14(2,4-3-5-15)9-16-13(17)12-7-10-6-11(10)8-12/h10-12H,3-9H2,1-2H3,(H,16,17). The summed E-state index contributed by atoms with van der Waals surface area (Å²) >= 11 is 5.71. The lowest BCUT2D eigenvalue weighted by Gasteiger charge is -2.25. The molecule has 2 fully saturated rings. The summed E-state index contributed by atoms with van der Waals surface area (Å²) in [5.74, 6) is 3.08. The van der Waals surface area contributed by atoms with Crippen LogP contribution in [0.1, 0.15) is 46.0 Å². The molecule has 2 unspecified atom stereocenters. The summed E-state index contributed by atoms with van der Waals surface area (Å²) in [7, 11) is 0. The molecule has 1 N–H and O–H groups in total. The summed E-state index contributed by atoms with van der Waals surface area (Å²) in [5.41, 5.74) is 0.173. The Kier molecular flexibility index (Phi) is 4.02. The molecule has 0 aromatic heterocycles. The highest BCUT2D eigenvalue weighted by Gasteiger charge is 2.47. The number of nitrogens with one attached hydrogen (secondary N) is 1. The third kappa shape index (κ3) is 3.61. The van der Waals surface area contributed by atoms with Gasteiger partial charge in [-0.3, -0.25) is 4.79 Å². The van der Waals surface area contributed by atoms with E-state index in [-0.39, 0.29) is 11.3 Å². The predicted octanol–water partition coefficient (Wildman–Crippen LogP) is 3.19. The number of carbonyl (C=O) groups is 1. The largest absolute Gasteiger partial charge is 0.355 e. The Balaban J connectivity index is 1.68. The fraction of sp³-hybridized carbons (Fsp3) is 0.929. The van der Waals surface area contributed by atoms with E-state index in [0.717, 1.165) is 44.1 Å². The third-order valence-electron chi connectivity index (χ3n) is 4.34. The first kappa shape index (κ1) is 13.2. The Morgan fingerprint density at radius 1 is 1.29 bits per heavy atom. The number of hydrogen-bond donors (Lipinski definition) is 1. The second kappa shape index (κ2) is 5.17. The molecule has 0 aromatic rings. The first-order valence-electron chi connectivity index (χ1n) is 6.85. The van der Waals surface area contributed by atoms with Crippen LogP contribution in [0.4, 0.5) is 0 Å². The second-order valence-electron chi connectivity index (χ2n) is 6.60. The Morgan fingerprint density at radius 3 is 2.53 bits per heavy atom. The smallest absolute Gasteiger partial charge is 0.223 e. The number of amides is 1. The second-order valence-corrected chi connectivity index (χ2v) is 6.98. The Bertz CT molecular complexity index is 280. The van der Waals surface area contributed by atoms with Gasteiger partial charge in [-0.1, -0.05) is 13.8 Å². The van der Waals surface area contributed by atoms with E-state index in [2.05, 4.69) is 19.2 Å². The van der Waals surface area contributed by atoms with E-state index in [1.165, 1.54) is 6.42 Å². The maximum Gasteiger partial charge on any atom is 0.223 e. The van der Waals surface area contributed by atoms with Crippen molar-refractivity contribution in [2.45, 2.75) is 46.0 Å². The summed E-state index contributed by atoms with van der Waals surface area (Å²) in [6.45, 7) is 5.19. The number of alkyl halides is 1. The molecule has 0 bridgehead atoms.